The minimum absolute atomic E-state index is 0.00204. The SMILES string of the molecule is COc1cccc(N[C@@H](CNC(C)=O)c2ccccc2)c1. The number of carbonyl (C=O) groups excluding carboxylic acids is 1. The van der Waals surface area contributed by atoms with Crippen LogP contribution in [0.5, 0.6) is 5.75 Å². The molecule has 0 radical (unpaired) electrons. The molecule has 2 rings (SSSR count). The maximum absolute atomic E-state index is 11.2. The van der Waals surface area contributed by atoms with Crippen LogP contribution in [0.2, 0.25) is 0 Å². The monoisotopic (exact) mass is 284 g/mol. The third-order valence-electron chi connectivity index (χ3n) is 3.17. The van der Waals surface area contributed by atoms with Gasteiger partial charge in [-0.25, -0.2) is 0 Å². The molecule has 0 spiro atoms. The van der Waals surface area contributed by atoms with Gasteiger partial charge in [-0.1, -0.05) is 36.4 Å². The van der Waals surface area contributed by atoms with Crippen molar-refractivity contribution in [2.75, 3.05) is 19.0 Å². The molecule has 0 heterocycles. The zero-order valence-electron chi connectivity index (χ0n) is 12.3. The molecule has 110 valence electrons. The average molecular weight is 284 g/mol. The molecule has 0 aliphatic carbocycles. The minimum atomic E-state index is -0.0385. The Morgan fingerprint density at radius 1 is 1.14 bits per heavy atom. The van der Waals surface area contributed by atoms with Crippen LogP contribution in [0.4, 0.5) is 5.69 Å². The smallest absolute Gasteiger partial charge is 0.216 e. The van der Waals surface area contributed by atoms with Gasteiger partial charge in [-0.2, -0.15) is 0 Å². The first-order chi connectivity index (χ1) is 10.2. The largest absolute Gasteiger partial charge is 0.497 e. The summed E-state index contributed by atoms with van der Waals surface area (Å²) in [6, 6.07) is 17.8. The van der Waals surface area contributed by atoms with Gasteiger partial charge >= 0.3 is 0 Å². The van der Waals surface area contributed by atoms with Gasteiger partial charge in [0.1, 0.15) is 5.75 Å². The Kier molecular flexibility index (Phi) is 5.21. The Labute approximate surface area is 125 Å². The Bertz CT molecular complexity index is 584. The van der Waals surface area contributed by atoms with Gasteiger partial charge in [-0.3, -0.25) is 4.79 Å². The molecule has 1 atom stereocenters. The van der Waals surface area contributed by atoms with E-state index in [4.69, 9.17) is 4.74 Å². The van der Waals surface area contributed by atoms with Crippen molar-refractivity contribution in [2.45, 2.75) is 13.0 Å². The van der Waals surface area contributed by atoms with Crippen LogP contribution in [0.25, 0.3) is 0 Å². The number of rotatable bonds is 6. The Morgan fingerprint density at radius 3 is 2.57 bits per heavy atom. The van der Waals surface area contributed by atoms with E-state index in [9.17, 15) is 4.79 Å². The lowest BCUT2D eigenvalue weighted by molar-refractivity contribution is -0.119. The summed E-state index contributed by atoms with van der Waals surface area (Å²) < 4.78 is 5.23. The summed E-state index contributed by atoms with van der Waals surface area (Å²) in [5.41, 5.74) is 2.07. The second-order valence-electron chi connectivity index (χ2n) is 4.78. The van der Waals surface area contributed by atoms with Crippen LogP contribution < -0.4 is 15.4 Å². The highest BCUT2D eigenvalue weighted by Gasteiger charge is 2.11. The summed E-state index contributed by atoms with van der Waals surface area (Å²) in [6.07, 6.45) is 0. The lowest BCUT2D eigenvalue weighted by Crippen LogP contribution is -2.29. The second-order valence-corrected chi connectivity index (χ2v) is 4.78. The molecule has 2 aromatic rings. The maximum atomic E-state index is 11.2. The molecule has 0 fully saturated rings. The van der Waals surface area contributed by atoms with Crippen molar-refractivity contribution in [3.63, 3.8) is 0 Å². The number of carbonyl (C=O) groups is 1. The summed E-state index contributed by atoms with van der Waals surface area (Å²) >= 11 is 0. The van der Waals surface area contributed by atoms with Crippen LogP contribution in [0.15, 0.2) is 54.6 Å². The lowest BCUT2D eigenvalue weighted by atomic mass is 10.1. The number of ether oxygens (including phenoxy) is 1. The highest BCUT2D eigenvalue weighted by Crippen LogP contribution is 2.22. The van der Waals surface area contributed by atoms with Crippen molar-refractivity contribution >= 4 is 11.6 Å². The maximum Gasteiger partial charge on any atom is 0.216 e. The van der Waals surface area contributed by atoms with Crippen LogP contribution in [0, 0.1) is 0 Å². The van der Waals surface area contributed by atoms with Crippen LogP contribution in [0.3, 0.4) is 0 Å². The molecule has 0 aromatic heterocycles. The third kappa shape index (κ3) is 4.53. The Balaban J connectivity index is 2.16. The second kappa shape index (κ2) is 7.33. The Morgan fingerprint density at radius 2 is 1.90 bits per heavy atom. The van der Waals surface area contributed by atoms with Gasteiger partial charge in [0.15, 0.2) is 0 Å². The van der Waals surface area contributed by atoms with E-state index in [0.717, 1.165) is 17.0 Å². The summed E-state index contributed by atoms with van der Waals surface area (Å²) in [7, 11) is 1.64. The van der Waals surface area contributed by atoms with Crippen LogP contribution in [-0.2, 0) is 4.79 Å². The topological polar surface area (TPSA) is 50.4 Å². The van der Waals surface area contributed by atoms with E-state index < -0.39 is 0 Å². The highest BCUT2D eigenvalue weighted by molar-refractivity contribution is 5.73. The minimum Gasteiger partial charge on any atom is -0.497 e. The predicted molar refractivity (Wildman–Crippen MR) is 84.5 cm³/mol. The van der Waals surface area contributed by atoms with E-state index in [0.29, 0.717) is 6.54 Å². The first-order valence-electron chi connectivity index (χ1n) is 6.89. The third-order valence-corrected chi connectivity index (χ3v) is 3.17. The zero-order valence-corrected chi connectivity index (χ0v) is 12.3. The normalized spacial score (nSPS) is 11.5. The van der Waals surface area contributed by atoms with Crippen molar-refractivity contribution in [2.24, 2.45) is 0 Å². The average Bonchev–Trinajstić information content (AvgIpc) is 2.52. The molecule has 0 aliphatic heterocycles. The molecule has 1 amide bonds. The van der Waals surface area contributed by atoms with Gasteiger partial charge in [0.05, 0.1) is 13.2 Å². The fourth-order valence-electron chi connectivity index (χ4n) is 2.10. The van der Waals surface area contributed by atoms with Crippen molar-refractivity contribution < 1.29 is 9.53 Å². The van der Waals surface area contributed by atoms with E-state index in [2.05, 4.69) is 10.6 Å². The Hall–Kier alpha value is -2.49. The first-order valence-corrected chi connectivity index (χ1v) is 6.89. The molecule has 4 heteroatoms. The lowest BCUT2D eigenvalue weighted by Gasteiger charge is -2.21. The quantitative estimate of drug-likeness (QED) is 0.857. The number of benzene rings is 2. The van der Waals surface area contributed by atoms with Crippen molar-refractivity contribution in [3.8, 4) is 5.75 Å². The molecular weight excluding hydrogens is 264 g/mol. The van der Waals surface area contributed by atoms with Gasteiger partial charge < -0.3 is 15.4 Å². The molecule has 0 unspecified atom stereocenters. The van der Waals surface area contributed by atoms with Gasteiger partial charge in [0.25, 0.3) is 0 Å². The number of anilines is 1. The fourth-order valence-corrected chi connectivity index (χ4v) is 2.10. The van der Waals surface area contributed by atoms with Crippen molar-refractivity contribution in [1.29, 1.82) is 0 Å². The number of methoxy groups -OCH3 is 1. The molecule has 0 bridgehead atoms. The number of hydrogen-bond acceptors (Lipinski definition) is 3. The van der Waals surface area contributed by atoms with Gasteiger partial charge in [0.2, 0.25) is 5.91 Å². The molecule has 4 nitrogen and oxygen atoms in total. The van der Waals surface area contributed by atoms with E-state index in [1.165, 1.54) is 6.92 Å². The van der Waals surface area contributed by atoms with Crippen LogP contribution >= 0.6 is 0 Å². The van der Waals surface area contributed by atoms with Crippen LogP contribution in [0.1, 0.15) is 18.5 Å². The van der Waals surface area contributed by atoms with E-state index in [1.54, 1.807) is 7.11 Å². The number of amides is 1. The first kappa shape index (κ1) is 14.9. The van der Waals surface area contributed by atoms with Crippen molar-refractivity contribution in [1.82, 2.24) is 5.32 Å². The number of nitrogens with one attached hydrogen (secondary N) is 2. The summed E-state index contributed by atoms with van der Waals surface area (Å²) in [5.74, 6) is 0.759. The molecular formula is C17H20N2O2. The highest BCUT2D eigenvalue weighted by atomic mass is 16.5. The van der Waals surface area contributed by atoms with Gasteiger partial charge in [-0.15, -0.1) is 0 Å². The number of hydrogen-bond donors (Lipinski definition) is 2. The molecule has 21 heavy (non-hydrogen) atoms. The zero-order chi connectivity index (χ0) is 15.1. The standard InChI is InChI=1S/C17H20N2O2/c1-13(20)18-12-17(14-7-4-3-5-8-14)19-15-9-6-10-16(11-15)21-2/h3-11,17,19H,12H2,1-2H3,(H,18,20)/t17-/m0/s1. The van der Waals surface area contributed by atoms with Gasteiger partial charge in [0, 0.05) is 25.2 Å². The van der Waals surface area contributed by atoms with Crippen LogP contribution in [-0.4, -0.2) is 19.6 Å². The molecule has 2 aromatic carbocycles. The molecule has 0 saturated carbocycles. The summed E-state index contributed by atoms with van der Waals surface area (Å²) in [4.78, 5) is 11.2. The summed E-state index contributed by atoms with van der Waals surface area (Å²) in [6.45, 7) is 2.05. The van der Waals surface area contributed by atoms with E-state index in [-0.39, 0.29) is 11.9 Å². The van der Waals surface area contributed by atoms with E-state index >= 15 is 0 Å². The summed E-state index contributed by atoms with van der Waals surface area (Å²) in [5, 5.41) is 6.29. The predicted octanol–water partition coefficient (Wildman–Crippen LogP) is 2.98. The van der Waals surface area contributed by atoms with E-state index in [1.807, 2.05) is 54.6 Å². The molecule has 0 aliphatic rings. The molecule has 0 saturated heterocycles. The van der Waals surface area contributed by atoms with Gasteiger partial charge in [-0.05, 0) is 17.7 Å². The van der Waals surface area contributed by atoms with Crippen molar-refractivity contribution in [3.05, 3.63) is 60.2 Å². The molecule has 2 N–H and O–H groups in total. The fraction of sp³-hybridized carbons (Fsp3) is 0.235.